The van der Waals surface area contributed by atoms with E-state index in [1.165, 1.54) is 11.3 Å². The number of rotatable bonds is 8. The lowest BCUT2D eigenvalue weighted by Gasteiger charge is -2.16. The molecule has 1 fully saturated rings. The van der Waals surface area contributed by atoms with Crippen molar-refractivity contribution in [2.45, 2.75) is 18.8 Å². The quantitative estimate of drug-likeness (QED) is 0.541. The second-order valence-electron chi connectivity index (χ2n) is 7.46. The van der Waals surface area contributed by atoms with Gasteiger partial charge in [0, 0.05) is 24.6 Å². The summed E-state index contributed by atoms with van der Waals surface area (Å²) in [7, 11) is 4.71. The molecule has 1 N–H and O–H groups in total. The van der Waals surface area contributed by atoms with E-state index < -0.39 is 0 Å². The molecule has 4 rings (SSSR count). The van der Waals surface area contributed by atoms with E-state index in [1.54, 1.807) is 38.4 Å². The number of hydrogen-bond acceptors (Lipinski definition) is 8. The molecule has 2 heterocycles. The molecular formula is C23H24N4O5S. The van der Waals surface area contributed by atoms with E-state index in [0.717, 1.165) is 22.0 Å². The Kier molecular flexibility index (Phi) is 6.74. The van der Waals surface area contributed by atoms with E-state index in [1.807, 2.05) is 30.3 Å². The van der Waals surface area contributed by atoms with Gasteiger partial charge in [0.2, 0.25) is 16.9 Å². The average Bonchev–Trinajstić information content (AvgIpc) is 3.45. The van der Waals surface area contributed by atoms with Gasteiger partial charge in [-0.15, -0.1) is 10.2 Å². The summed E-state index contributed by atoms with van der Waals surface area (Å²) >= 11 is 1.29. The maximum atomic E-state index is 12.6. The number of hydrogen-bond donors (Lipinski definition) is 1. The van der Waals surface area contributed by atoms with Gasteiger partial charge in [-0.3, -0.25) is 9.59 Å². The standard InChI is InChI=1S/C23H24N4O5S/c1-30-17-7-5-16(6-8-17)27-13-15(12-21(27)29)22-25-26-23(33-22)24-20(28)11-14-4-9-18(31-2)19(10-14)32-3/h4-10,15H,11-13H2,1-3H3,(H,24,26,28). The molecule has 1 unspecified atom stereocenters. The molecule has 9 nitrogen and oxygen atoms in total. The molecule has 10 heteroatoms. The summed E-state index contributed by atoms with van der Waals surface area (Å²) in [5.41, 5.74) is 1.60. The molecule has 0 aliphatic carbocycles. The third-order valence-electron chi connectivity index (χ3n) is 5.36. The van der Waals surface area contributed by atoms with Crippen LogP contribution in [0.15, 0.2) is 42.5 Å². The highest BCUT2D eigenvalue weighted by Crippen LogP contribution is 2.35. The van der Waals surface area contributed by atoms with Crippen LogP contribution in [0.5, 0.6) is 17.2 Å². The monoisotopic (exact) mass is 468 g/mol. The predicted octanol–water partition coefficient (Wildman–Crippen LogP) is 3.27. The van der Waals surface area contributed by atoms with Crippen LogP contribution in [0.4, 0.5) is 10.8 Å². The van der Waals surface area contributed by atoms with Crippen molar-refractivity contribution in [2.75, 3.05) is 38.1 Å². The SMILES string of the molecule is COc1ccc(N2CC(c3nnc(NC(=O)Cc4ccc(OC)c(OC)c4)s3)CC2=O)cc1. The molecule has 0 bridgehead atoms. The van der Waals surface area contributed by atoms with Crippen molar-refractivity contribution < 1.29 is 23.8 Å². The minimum absolute atomic E-state index is 0.0272. The first-order chi connectivity index (χ1) is 16.0. The third-order valence-corrected chi connectivity index (χ3v) is 6.36. The van der Waals surface area contributed by atoms with Crippen LogP contribution in [0.25, 0.3) is 0 Å². The highest BCUT2D eigenvalue weighted by molar-refractivity contribution is 7.15. The topological polar surface area (TPSA) is 103 Å². The van der Waals surface area contributed by atoms with Crippen molar-refractivity contribution in [2.24, 2.45) is 0 Å². The fraction of sp³-hybridized carbons (Fsp3) is 0.304. The molecule has 0 spiro atoms. The van der Waals surface area contributed by atoms with Crippen molar-refractivity contribution in [3.63, 3.8) is 0 Å². The second-order valence-corrected chi connectivity index (χ2v) is 8.47. The zero-order chi connectivity index (χ0) is 23.4. The van der Waals surface area contributed by atoms with Crippen molar-refractivity contribution >= 4 is 34.0 Å². The fourth-order valence-corrected chi connectivity index (χ4v) is 4.53. The Balaban J connectivity index is 1.37. The van der Waals surface area contributed by atoms with Gasteiger partial charge in [-0.25, -0.2) is 0 Å². The van der Waals surface area contributed by atoms with Crippen LogP contribution in [0.1, 0.15) is 22.9 Å². The van der Waals surface area contributed by atoms with Crippen molar-refractivity contribution in [1.82, 2.24) is 10.2 Å². The van der Waals surface area contributed by atoms with Crippen LogP contribution in [-0.4, -0.2) is 49.9 Å². The molecule has 0 radical (unpaired) electrons. The molecule has 1 atom stereocenters. The minimum atomic E-state index is -0.215. The van der Waals surface area contributed by atoms with Crippen molar-refractivity contribution in [3.05, 3.63) is 53.0 Å². The number of amides is 2. The summed E-state index contributed by atoms with van der Waals surface area (Å²) in [6, 6.07) is 12.7. The summed E-state index contributed by atoms with van der Waals surface area (Å²) in [5, 5.41) is 12.2. The lowest BCUT2D eigenvalue weighted by atomic mass is 10.1. The lowest BCUT2D eigenvalue weighted by Crippen LogP contribution is -2.24. The van der Waals surface area contributed by atoms with Crippen LogP contribution in [0.3, 0.4) is 0 Å². The van der Waals surface area contributed by atoms with E-state index in [2.05, 4.69) is 15.5 Å². The number of ether oxygens (including phenoxy) is 3. The number of aromatic nitrogens is 2. The van der Waals surface area contributed by atoms with Crippen LogP contribution >= 0.6 is 11.3 Å². The summed E-state index contributed by atoms with van der Waals surface area (Å²) in [4.78, 5) is 26.8. The van der Waals surface area contributed by atoms with Gasteiger partial charge in [0.1, 0.15) is 10.8 Å². The molecule has 33 heavy (non-hydrogen) atoms. The van der Waals surface area contributed by atoms with Gasteiger partial charge < -0.3 is 24.4 Å². The Morgan fingerprint density at radius 1 is 1.06 bits per heavy atom. The zero-order valence-electron chi connectivity index (χ0n) is 18.5. The summed E-state index contributed by atoms with van der Waals surface area (Å²) in [5.74, 6) is 1.64. The fourth-order valence-electron chi connectivity index (χ4n) is 3.67. The van der Waals surface area contributed by atoms with E-state index in [4.69, 9.17) is 14.2 Å². The molecule has 1 saturated heterocycles. The molecule has 3 aromatic rings. The normalized spacial score (nSPS) is 15.4. The smallest absolute Gasteiger partial charge is 0.230 e. The molecule has 1 aliphatic rings. The first-order valence-corrected chi connectivity index (χ1v) is 11.1. The number of nitrogens with zero attached hydrogens (tertiary/aromatic N) is 3. The van der Waals surface area contributed by atoms with E-state index in [-0.39, 0.29) is 24.2 Å². The minimum Gasteiger partial charge on any atom is -0.497 e. The molecule has 0 saturated carbocycles. The number of methoxy groups -OCH3 is 3. The van der Waals surface area contributed by atoms with Gasteiger partial charge in [-0.2, -0.15) is 0 Å². The van der Waals surface area contributed by atoms with Gasteiger partial charge in [0.15, 0.2) is 11.5 Å². The van der Waals surface area contributed by atoms with E-state index >= 15 is 0 Å². The predicted molar refractivity (Wildman–Crippen MR) is 124 cm³/mol. The molecule has 1 aromatic heterocycles. The van der Waals surface area contributed by atoms with Gasteiger partial charge in [-0.05, 0) is 42.0 Å². The van der Waals surface area contributed by atoms with Crippen LogP contribution in [-0.2, 0) is 16.0 Å². The summed E-state index contributed by atoms with van der Waals surface area (Å²) in [6.07, 6.45) is 0.503. The Morgan fingerprint density at radius 2 is 1.82 bits per heavy atom. The molecule has 2 aromatic carbocycles. The molecular weight excluding hydrogens is 444 g/mol. The Bertz CT molecular complexity index is 1150. The molecule has 2 amide bonds. The lowest BCUT2D eigenvalue weighted by molar-refractivity contribution is -0.117. The first kappa shape index (κ1) is 22.5. The van der Waals surface area contributed by atoms with Gasteiger partial charge in [-0.1, -0.05) is 17.4 Å². The number of carbonyl (C=O) groups is 2. The van der Waals surface area contributed by atoms with Crippen LogP contribution in [0, 0.1) is 0 Å². The van der Waals surface area contributed by atoms with Gasteiger partial charge in [0.25, 0.3) is 0 Å². The van der Waals surface area contributed by atoms with Gasteiger partial charge in [0.05, 0.1) is 27.8 Å². The highest BCUT2D eigenvalue weighted by Gasteiger charge is 2.34. The number of anilines is 2. The van der Waals surface area contributed by atoms with Crippen molar-refractivity contribution in [1.29, 1.82) is 0 Å². The maximum Gasteiger partial charge on any atom is 0.230 e. The van der Waals surface area contributed by atoms with Crippen molar-refractivity contribution in [3.8, 4) is 17.2 Å². The highest BCUT2D eigenvalue weighted by atomic mass is 32.1. The molecule has 172 valence electrons. The molecule has 1 aliphatic heterocycles. The average molecular weight is 469 g/mol. The Labute approximate surface area is 195 Å². The van der Waals surface area contributed by atoms with Crippen LogP contribution < -0.4 is 24.4 Å². The number of nitrogens with one attached hydrogen (secondary N) is 1. The zero-order valence-corrected chi connectivity index (χ0v) is 19.3. The Morgan fingerprint density at radius 3 is 2.52 bits per heavy atom. The largest absolute Gasteiger partial charge is 0.497 e. The number of benzene rings is 2. The first-order valence-electron chi connectivity index (χ1n) is 10.3. The summed E-state index contributed by atoms with van der Waals surface area (Å²) < 4.78 is 15.7. The maximum absolute atomic E-state index is 12.6. The third kappa shape index (κ3) is 5.06. The van der Waals surface area contributed by atoms with Gasteiger partial charge >= 0.3 is 0 Å². The van der Waals surface area contributed by atoms with E-state index in [0.29, 0.717) is 29.6 Å². The second kappa shape index (κ2) is 9.86. The Hall–Kier alpha value is -3.66. The van der Waals surface area contributed by atoms with E-state index in [9.17, 15) is 9.59 Å². The summed E-state index contributed by atoms with van der Waals surface area (Å²) in [6.45, 7) is 0.513. The van der Waals surface area contributed by atoms with Crippen LogP contribution in [0.2, 0.25) is 0 Å². The number of carbonyl (C=O) groups excluding carboxylic acids is 2.